The van der Waals surface area contributed by atoms with Gasteiger partial charge in [0.2, 0.25) is 5.91 Å². The van der Waals surface area contributed by atoms with E-state index in [2.05, 4.69) is 10.3 Å². The summed E-state index contributed by atoms with van der Waals surface area (Å²) in [6.07, 6.45) is 7.91. The fourth-order valence-electron chi connectivity index (χ4n) is 3.45. The fourth-order valence-corrected chi connectivity index (χ4v) is 3.45. The molecule has 2 aromatic rings. The summed E-state index contributed by atoms with van der Waals surface area (Å²) in [6, 6.07) is 9.89. The molecule has 1 heterocycles. The number of amides is 1. The number of rotatable bonds is 6. The summed E-state index contributed by atoms with van der Waals surface area (Å²) in [6.45, 7) is 0.144. The number of nitrogens with zero attached hydrogens (tertiary/aromatic N) is 1. The van der Waals surface area contributed by atoms with Crippen LogP contribution in [0.1, 0.15) is 44.4 Å². The number of hydrogen-bond donors (Lipinski definition) is 2. The van der Waals surface area contributed by atoms with E-state index in [1.54, 1.807) is 6.20 Å². The van der Waals surface area contributed by atoms with Crippen molar-refractivity contribution < 1.29 is 14.3 Å². The summed E-state index contributed by atoms with van der Waals surface area (Å²) < 4.78 is 5.74. The van der Waals surface area contributed by atoms with E-state index in [1.807, 2.05) is 30.3 Å². The first-order valence-corrected chi connectivity index (χ1v) is 9.16. The van der Waals surface area contributed by atoms with Crippen LogP contribution in [0.25, 0.3) is 11.3 Å². The minimum absolute atomic E-state index is 0.00445. The fraction of sp³-hybridized carbons (Fsp3) is 0.500. The van der Waals surface area contributed by atoms with E-state index in [0.29, 0.717) is 18.7 Å². The molecule has 1 aromatic carbocycles. The molecule has 3 rings (SSSR count). The Kier molecular flexibility index (Phi) is 6.23. The van der Waals surface area contributed by atoms with Crippen LogP contribution in [0, 0.1) is 5.92 Å². The van der Waals surface area contributed by atoms with Gasteiger partial charge in [0.05, 0.1) is 6.20 Å². The molecular weight excluding hydrogens is 316 g/mol. The van der Waals surface area contributed by atoms with Crippen molar-refractivity contribution in [1.29, 1.82) is 0 Å². The van der Waals surface area contributed by atoms with Gasteiger partial charge in [-0.1, -0.05) is 49.6 Å². The molecule has 0 saturated heterocycles. The number of aromatic nitrogens is 1. The molecule has 2 atom stereocenters. The number of nitrogens with one attached hydrogen (secondary N) is 1. The van der Waals surface area contributed by atoms with Gasteiger partial charge in [0, 0.05) is 37.0 Å². The van der Waals surface area contributed by atoms with Crippen LogP contribution in [0.2, 0.25) is 0 Å². The van der Waals surface area contributed by atoms with E-state index in [9.17, 15) is 9.90 Å². The Morgan fingerprint density at radius 2 is 2.00 bits per heavy atom. The Morgan fingerprint density at radius 3 is 2.80 bits per heavy atom. The lowest BCUT2D eigenvalue weighted by Gasteiger charge is -2.24. The predicted octanol–water partition coefficient (Wildman–Crippen LogP) is 3.33. The van der Waals surface area contributed by atoms with Crippen molar-refractivity contribution in [3.05, 3.63) is 42.4 Å². The predicted molar refractivity (Wildman–Crippen MR) is 95.9 cm³/mol. The zero-order valence-electron chi connectivity index (χ0n) is 14.5. The Bertz CT molecular complexity index is 669. The second-order valence-corrected chi connectivity index (χ2v) is 6.74. The maximum atomic E-state index is 12.3. The quantitative estimate of drug-likeness (QED) is 0.790. The number of hydrogen-bond acceptors (Lipinski definition) is 4. The lowest BCUT2D eigenvalue weighted by atomic mass is 9.95. The minimum atomic E-state index is 0.00445. The standard InChI is InChI=1S/C20H26N2O3/c23-14-16-9-5-2-6-10-17(16)22-19(24)11-12-20-21-13-18(25-20)15-7-3-1-4-8-15/h1,3-4,7-8,13,16-17,23H,2,5-6,9-12,14H2,(H,22,24). The average molecular weight is 342 g/mol. The summed E-state index contributed by atoms with van der Waals surface area (Å²) in [7, 11) is 0. The molecule has 1 amide bonds. The van der Waals surface area contributed by atoms with Crippen LogP contribution in [-0.2, 0) is 11.2 Å². The molecule has 5 heteroatoms. The maximum Gasteiger partial charge on any atom is 0.220 e. The Hall–Kier alpha value is -2.14. The lowest BCUT2D eigenvalue weighted by Crippen LogP contribution is -2.41. The topological polar surface area (TPSA) is 75.4 Å². The van der Waals surface area contributed by atoms with E-state index in [0.717, 1.165) is 37.0 Å². The summed E-state index contributed by atoms with van der Waals surface area (Å²) in [5.74, 6) is 1.48. The van der Waals surface area contributed by atoms with Crippen LogP contribution in [0.3, 0.4) is 0 Å². The maximum absolute atomic E-state index is 12.3. The summed E-state index contributed by atoms with van der Waals surface area (Å²) in [5.41, 5.74) is 0.981. The molecule has 1 aliphatic rings. The smallest absolute Gasteiger partial charge is 0.220 e. The van der Waals surface area contributed by atoms with Crippen molar-refractivity contribution in [1.82, 2.24) is 10.3 Å². The zero-order valence-corrected chi connectivity index (χ0v) is 14.5. The van der Waals surface area contributed by atoms with Crippen LogP contribution in [0.15, 0.2) is 40.9 Å². The van der Waals surface area contributed by atoms with Gasteiger partial charge in [-0.15, -0.1) is 0 Å². The third-order valence-electron chi connectivity index (χ3n) is 4.92. The van der Waals surface area contributed by atoms with Gasteiger partial charge in [-0.05, 0) is 12.8 Å². The summed E-state index contributed by atoms with van der Waals surface area (Å²) in [5, 5.41) is 12.6. The third kappa shape index (κ3) is 4.92. The van der Waals surface area contributed by atoms with Gasteiger partial charge in [-0.3, -0.25) is 4.79 Å². The number of oxazole rings is 1. The molecule has 134 valence electrons. The Balaban J connectivity index is 1.51. The van der Waals surface area contributed by atoms with Crippen LogP contribution in [0.4, 0.5) is 0 Å². The molecule has 1 aliphatic carbocycles. The highest BCUT2D eigenvalue weighted by molar-refractivity contribution is 5.76. The normalized spacial score (nSPS) is 20.8. The summed E-state index contributed by atoms with van der Waals surface area (Å²) in [4.78, 5) is 16.5. The molecule has 0 bridgehead atoms. The minimum Gasteiger partial charge on any atom is -0.441 e. The first-order valence-electron chi connectivity index (χ1n) is 9.16. The van der Waals surface area contributed by atoms with Crippen LogP contribution in [0.5, 0.6) is 0 Å². The number of carbonyl (C=O) groups excluding carboxylic acids is 1. The van der Waals surface area contributed by atoms with Crippen molar-refractivity contribution in [2.24, 2.45) is 5.92 Å². The molecule has 0 aliphatic heterocycles. The van der Waals surface area contributed by atoms with E-state index in [4.69, 9.17) is 4.42 Å². The molecule has 25 heavy (non-hydrogen) atoms. The summed E-state index contributed by atoms with van der Waals surface area (Å²) >= 11 is 0. The van der Waals surface area contributed by atoms with Crippen molar-refractivity contribution in [3.8, 4) is 11.3 Å². The molecule has 2 unspecified atom stereocenters. The highest BCUT2D eigenvalue weighted by Gasteiger charge is 2.24. The van der Waals surface area contributed by atoms with Crippen LogP contribution >= 0.6 is 0 Å². The monoisotopic (exact) mass is 342 g/mol. The molecule has 5 nitrogen and oxygen atoms in total. The van der Waals surface area contributed by atoms with Gasteiger partial charge in [0.25, 0.3) is 0 Å². The van der Waals surface area contributed by atoms with Crippen LogP contribution in [-0.4, -0.2) is 28.6 Å². The number of aliphatic hydroxyl groups is 1. The number of benzene rings is 1. The Labute approximate surface area is 148 Å². The highest BCUT2D eigenvalue weighted by atomic mass is 16.4. The first-order chi connectivity index (χ1) is 12.3. The van der Waals surface area contributed by atoms with Crippen molar-refractivity contribution in [3.63, 3.8) is 0 Å². The van der Waals surface area contributed by atoms with E-state index >= 15 is 0 Å². The van der Waals surface area contributed by atoms with E-state index in [-0.39, 0.29) is 24.5 Å². The largest absolute Gasteiger partial charge is 0.441 e. The van der Waals surface area contributed by atoms with Crippen molar-refractivity contribution in [2.75, 3.05) is 6.61 Å². The molecule has 1 saturated carbocycles. The molecule has 0 spiro atoms. The molecule has 2 N–H and O–H groups in total. The molecule has 1 fully saturated rings. The number of aliphatic hydroxyl groups excluding tert-OH is 1. The van der Waals surface area contributed by atoms with Gasteiger partial charge in [0.1, 0.15) is 0 Å². The third-order valence-corrected chi connectivity index (χ3v) is 4.92. The van der Waals surface area contributed by atoms with Gasteiger partial charge >= 0.3 is 0 Å². The number of carbonyl (C=O) groups is 1. The van der Waals surface area contributed by atoms with Gasteiger partial charge in [-0.2, -0.15) is 0 Å². The van der Waals surface area contributed by atoms with Crippen molar-refractivity contribution >= 4 is 5.91 Å². The van der Waals surface area contributed by atoms with E-state index in [1.165, 1.54) is 6.42 Å². The van der Waals surface area contributed by atoms with Gasteiger partial charge in [0.15, 0.2) is 11.7 Å². The second-order valence-electron chi connectivity index (χ2n) is 6.74. The van der Waals surface area contributed by atoms with Gasteiger partial charge in [-0.25, -0.2) is 4.98 Å². The second kappa shape index (κ2) is 8.81. The molecule has 0 radical (unpaired) electrons. The average Bonchev–Trinajstić information content (AvgIpc) is 3.01. The molecular formula is C20H26N2O3. The molecule has 1 aromatic heterocycles. The number of aryl methyl sites for hydroxylation is 1. The van der Waals surface area contributed by atoms with Crippen molar-refractivity contribution in [2.45, 2.75) is 51.0 Å². The highest BCUT2D eigenvalue weighted by Crippen LogP contribution is 2.23. The first kappa shape index (κ1) is 17.7. The van der Waals surface area contributed by atoms with Crippen LogP contribution < -0.4 is 5.32 Å². The Morgan fingerprint density at radius 1 is 1.20 bits per heavy atom. The SMILES string of the molecule is O=C(CCc1ncc(-c2ccccc2)o1)NC1CCCCCC1CO. The van der Waals surface area contributed by atoms with Gasteiger partial charge < -0.3 is 14.8 Å². The zero-order chi connectivity index (χ0) is 17.5. The lowest BCUT2D eigenvalue weighted by molar-refractivity contribution is -0.122. The van der Waals surface area contributed by atoms with E-state index < -0.39 is 0 Å².